The monoisotopic (exact) mass is 383 g/mol. The third-order valence-electron chi connectivity index (χ3n) is 5.17. The molecular formula is C22H25NO5. The summed E-state index contributed by atoms with van der Waals surface area (Å²) in [5, 5.41) is 9.44. The third kappa shape index (κ3) is 4.11. The molecule has 0 saturated carbocycles. The van der Waals surface area contributed by atoms with Gasteiger partial charge in [-0.1, -0.05) is 29.8 Å². The van der Waals surface area contributed by atoms with Gasteiger partial charge in [0.1, 0.15) is 0 Å². The van der Waals surface area contributed by atoms with E-state index in [0.29, 0.717) is 24.5 Å². The van der Waals surface area contributed by atoms with E-state index in [9.17, 15) is 14.7 Å². The van der Waals surface area contributed by atoms with Crippen molar-refractivity contribution >= 4 is 11.9 Å². The van der Waals surface area contributed by atoms with E-state index in [1.807, 2.05) is 37.3 Å². The van der Waals surface area contributed by atoms with Crippen LogP contribution in [-0.4, -0.2) is 42.6 Å². The van der Waals surface area contributed by atoms with Gasteiger partial charge in [-0.25, -0.2) is 0 Å². The van der Waals surface area contributed by atoms with E-state index in [1.165, 1.54) is 0 Å². The second-order valence-corrected chi connectivity index (χ2v) is 7.02. The van der Waals surface area contributed by atoms with E-state index in [2.05, 4.69) is 0 Å². The predicted molar refractivity (Wildman–Crippen MR) is 105 cm³/mol. The normalized spacial score (nSPS) is 15.7. The fourth-order valence-corrected chi connectivity index (χ4v) is 3.69. The molecule has 6 nitrogen and oxygen atoms in total. The average Bonchev–Trinajstić information content (AvgIpc) is 2.68. The van der Waals surface area contributed by atoms with Gasteiger partial charge in [-0.05, 0) is 42.2 Å². The molecule has 6 heteroatoms. The van der Waals surface area contributed by atoms with E-state index < -0.39 is 12.0 Å². The second kappa shape index (κ2) is 8.33. The molecule has 0 bridgehead atoms. The predicted octanol–water partition coefficient (Wildman–Crippen LogP) is 3.16. The summed E-state index contributed by atoms with van der Waals surface area (Å²) >= 11 is 0. The Hall–Kier alpha value is -3.02. The first-order valence-electron chi connectivity index (χ1n) is 9.24. The molecule has 0 radical (unpaired) electrons. The summed E-state index contributed by atoms with van der Waals surface area (Å²) in [6.45, 7) is 2.48. The molecule has 0 fully saturated rings. The van der Waals surface area contributed by atoms with Crippen LogP contribution in [0.2, 0.25) is 0 Å². The largest absolute Gasteiger partial charge is 0.493 e. The Morgan fingerprint density at radius 2 is 1.75 bits per heavy atom. The number of methoxy groups -OCH3 is 2. The van der Waals surface area contributed by atoms with Crippen molar-refractivity contribution in [1.82, 2.24) is 4.90 Å². The zero-order valence-corrected chi connectivity index (χ0v) is 16.4. The molecule has 1 N–H and O–H groups in total. The molecule has 2 aromatic rings. The second-order valence-electron chi connectivity index (χ2n) is 7.02. The van der Waals surface area contributed by atoms with Crippen LogP contribution in [0.1, 0.15) is 34.7 Å². The van der Waals surface area contributed by atoms with E-state index in [0.717, 1.165) is 22.3 Å². The van der Waals surface area contributed by atoms with Crippen molar-refractivity contribution in [3.63, 3.8) is 0 Å². The number of carbonyl (C=O) groups excluding carboxylic acids is 1. The van der Waals surface area contributed by atoms with Crippen LogP contribution < -0.4 is 9.47 Å². The highest BCUT2D eigenvalue weighted by molar-refractivity contribution is 5.81. The van der Waals surface area contributed by atoms with Crippen LogP contribution in [0.3, 0.4) is 0 Å². The van der Waals surface area contributed by atoms with Crippen molar-refractivity contribution in [3.05, 3.63) is 58.7 Å². The molecule has 0 spiro atoms. The van der Waals surface area contributed by atoms with Gasteiger partial charge in [0.25, 0.3) is 0 Å². The van der Waals surface area contributed by atoms with Gasteiger partial charge in [0, 0.05) is 6.54 Å². The number of amides is 1. The lowest BCUT2D eigenvalue weighted by Gasteiger charge is -2.37. The zero-order chi connectivity index (χ0) is 20.3. The van der Waals surface area contributed by atoms with Crippen molar-refractivity contribution in [2.75, 3.05) is 20.8 Å². The SMILES string of the molecule is COc1cc2c(cc1OC)C(CC(=O)O)N(C(=O)Cc1ccc(C)cc1)CC2. The number of carbonyl (C=O) groups is 2. The smallest absolute Gasteiger partial charge is 0.305 e. The molecule has 0 saturated heterocycles. The highest BCUT2D eigenvalue weighted by atomic mass is 16.5. The topological polar surface area (TPSA) is 76.1 Å². The number of ether oxygens (including phenoxy) is 2. The van der Waals surface area contributed by atoms with E-state index in [4.69, 9.17) is 9.47 Å². The number of aryl methyl sites for hydroxylation is 1. The average molecular weight is 383 g/mol. The maximum atomic E-state index is 13.0. The maximum Gasteiger partial charge on any atom is 0.305 e. The van der Waals surface area contributed by atoms with Crippen molar-refractivity contribution in [3.8, 4) is 11.5 Å². The molecule has 2 aromatic carbocycles. The minimum atomic E-state index is -0.944. The van der Waals surface area contributed by atoms with Crippen molar-refractivity contribution in [2.24, 2.45) is 0 Å². The van der Waals surface area contributed by atoms with Gasteiger partial charge >= 0.3 is 5.97 Å². The zero-order valence-electron chi connectivity index (χ0n) is 16.4. The third-order valence-corrected chi connectivity index (χ3v) is 5.17. The molecule has 0 aromatic heterocycles. The molecule has 148 valence electrons. The summed E-state index contributed by atoms with van der Waals surface area (Å²) in [6, 6.07) is 11.0. The summed E-state index contributed by atoms with van der Waals surface area (Å²) in [7, 11) is 3.11. The van der Waals surface area contributed by atoms with Crippen LogP contribution in [0.25, 0.3) is 0 Å². The minimum Gasteiger partial charge on any atom is -0.493 e. The van der Waals surface area contributed by atoms with E-state index >= 15 is 0 Å². The lowest BCUT2D eigenvalue weighted by atomic mass is 9.89. The molecule has 1 aliphatic rings. The lowest BCUT2D eigenvalue weighted by Crippen LogP contribution is -2.41. The molecule has 1 heterocycles. The number of nitrogens with zero attached hydrogens (tertiary/aromatic N) is 1. The molecular weight excluding hydrogens is 358 g/mol. The van der Waals surface area contributed by atoms with E-state index in [1.54, 1.807) is 25.2 Å². The summed E-state index contributed by atoms with van der Waals surface area (Å²) < 4.78 is 10.7. The molecule has 1 amide bonds. The number of benzene rings is 2. The molecule has 3 rings (SSSR count). The molecule has 1 unspecified atom stereocenters. The maximum absolute atomic E-state index is 13.0. The number of carboxylic acids is 1. The van der Waals surface area contributed by atoms with Gasteiger partial charge in [-0.2, -0.15) is 0 Å². The Kier molecular flexibility index (Phi) is 5.87. The van der Waals surface area contributed by atoms with Gasteiger partial charge in [0.15, 0.2) is 11.5 Å². The first kappa shape index (κ1) is 19.7. The van der Waals surface area contributed by atoms with Crippen molar-refractivity contribution in [1.29, 1.82) is 0 Å². The Balaban J connectivity index is 1.92. The van der Waals surface area contributed by atoms with Crippen LogP contribution in [0.4, 0.5) is 0 Å². The number of hydrogen-bond donors (Lipinski definition) is 1. The summed E-state index contributed by atoms with van der Waals surface area (Å²) in [5.74, 6) is 0.121. The van der Waals surface area contributed by atoms with Gasteiger partial charge in [0.05, 0.1) is 33.1 Å². The Morgan fingerprint density at radius 3 is 2.36 bits per heavy atom. The number of hydrogen-bond acceptors (Lipinski definition) is 4. The van der Waals surface area contributed by atoms with Crippen LogP contribution in [0, 0.1) is 6.92 Å². The number of carboxylic acid groups (broad SMARTS) is 1. The summed E-state index contributed by atoms with van der Waals surface area (Å²) in [4.78, 5) is 26.2. The van der Waals surface area contributed by atoms with Crippen molar-refractivity contribution in [2.45, 2.75) is 32.2 Å². The van der Waals surface area contributed by atoms with Crippen LogP contribution in [-0.2, 0) is 22.4 Å². The van der Waals surface area contributed by atoms with Gasteiger partial charge in [-0.15, -0.1) is 0 Å². The molecule has 1 aliphatic heterocycles. The van der Waals surface area contributed by atoms with Crippen LogP contribution >= 0.6 is 0 Å². The fraction of sp³-hybridized carbons (Fsp3) is 0.364. The van der Waals surface area contributed by atoms with Gasteiger partial charge < -0.3 is 19.5 Å². The first-order chi connectivity index (χ1) is 13.4. The quantitative estimate of drug-likeness (QED) is 0.829. The summed E-state index contributed by atoms with van der Waals surface area (Å²) in [5.41, 5.74) is 3.85. The van der Waals surface area contributed by atoms with E-state index in [-0.39, 0.29) is 18.7 Å². The highest BCUT2D eigenvalue weighted by Gasteiger charge is 2.33. The van der Waals surface area contributed by atoms with Gasteiger partial charge in [-0.3, -0.25) is 9.59 Å². The molecule has 0 aliphatic carbocycles. The lowest BCUT2D eigenvalue weighted by molar-refractivity contribution is -0.141. The van der Waals surface area contributed by atoms with Crippen LogP contribution in [0.5, 0.6) is 11.5 Å². The van der Waals surface area contributed by atoms with Crippen molar-refractivity contribution < 1.29 is 24.2 Å². The Morgan fingerprint density at radius 1 is 1.11 bits per heavy atom. The number of rotatable bonds is 6. The van der Waals surface area contributed by atoms with Gasteiger partial charge in [0.2, 0.25) is 5.91 Å². The van der Waals surface area contributed by atoms with Crippen LogP contribution in [0.15, 0.2) is 36.4 Å². The Bertz CT molecular complexity index is 875. The number of fused-ring (bicyclic) bond motifs is 1. The first-order valence-corrected chi connectivity index (χ1v) is 9.24. The number of aliphatic carboxylic acids is 1. The minimum absolute atomic E-state index is 0.0736. The fourth-order valence-electron chi connectivity index (χ4n) is 3.69. The standard InChI is InChI=1S/C22H25NO5/c1-14-4-6-15(7-5-14)10-21(24)23-9-8-16-11-19(27-2)20(28-3)12-17(16)18(23)13-22(25)26/h4-7,11-12,18H,8-10,13H2,1-3H3,(H,25,26). The molecule has 1 atom stereocenters. The Labute approximate surface area is 164 Å². The highest BCUT2D eigenvalue weighted by Crippen LogP contribution is 2.39. The molecule has 28 heavy (non-hydrogen) atoms. The summed E-state index contributed by atoms with van der Waals surface area (Å²) in [6.07, 6.45) is 0.743.